The van der Waals surface area contributed by atoms with E-state index in [1.807, 2.05) is 0 Å². The van der Waals surface area contributed by atoms with Crippen molar-refractivity contribution in [3.8, 4) is 0 Å². The van der Waals surface area contributed by atoms with Crippen molar-refractivity contribution in [1.82, 2.24) is 15.5 Å². The minimum atomic E-state index is 0. The van der Waals surface area contributed by atoms with E-state index in [1.54, 1.807) is 0 Å². The van der Waals surface area contributed by atoms with Crippen molar-refractivity contribution in [3.63, 3.8) is 0 Å². The number of hydrogen-bond donors (Lipinski definition) is 2. The second-order valence-corrected chi connectivity index (χ2v) is 6.95. The lowest BCUT2D eigenvalue weighted by atomic mass is 10.2. The second-order valence-electron chi connectivity index (χ2n) is 6.95. The molecule has 1 unspecified atom stereocenters. The third kappa shape index (κ3) is 14.5. The number of rotatable bonds is 15. The van der Waals surface area contributed by atoms with Gasteiger partial charge in [0.15, 0.2) is 5.96 Å². The van der Waals surface area contributed by atoms with Crippen LogP contribution in [-0.2, 0) is 9.47 Å². The van der Waals surface area contributed by atoms with E-state index < -0.39 is 0 Å². The summed E-state index contributed by atoms with van der Waals surface area (Å²) < 4.78 is 11.2. The van der Waals surface area contributed by atoms with Crippen LogP contribution in [0, 0.1) is 0 Å². The topological polar surface area (TPSA) is 58.1 Å². The van der Waals surface area contributed by atoms with Crippen molar-refractivity contribution < 1.29 is 9.47 Å². The Balaban J connectivity index is 0.00000676. The fourth-order valence-electron chi connectivity index (χ4n) is 3.17. The number of halogens is 1. The maximum absolute atomic E-state index is 5.69. The van der Waals surface area contributed by atoms with Crippen LogP contribution in [0.15, 0.2) is 4.99 Å². The maximum atomic E-state index is 5.69. The first kappa shape index (κ1) is 26.9. The Bertz CT molecular complexity index is 347. The molecule has 2 N–H and O–H groups in total. The van der Waals surface area contributed by atoms with E-state index in [4.69, 9.17) is 9.47 Å². The Kier molecular flexibility index (Phi) is 19.1. The normalized spacial score (nSPS) is 17.2. The Morgan fingerprint density at radius 2 is 1.89 bits per heavy atom. The highest BCUT2D eigenvalue weighted by Gasteiger charge is 2.14. The monoisotopic (exact) mass is 498 g/mol. The zero-order valence-corrected chi connectivity index (χ0v) is 20.1. The van der Waals surface area contributed by atoms with Gasteiger partial charge in [-0.25, -0.2) is 0 Å². The van der Waals surface area contributed by atoms with Crippen LogP contribution >= 0.6 is 24.0 Å². The highest BCUT2D eigenvalue weighted by Crippen LogP contribution is 2.11. The third-order valence-corrected chi connectivity index (χ3v) is 4.41. The van der Waals surface area contributed by atoms with E-state index >= 15 is 0 Å². The Labute approximate surface area is 184 Å². The quantitative estimate of drug-likeness (QED) is 0.157. The molecule has 1 aliphatic heterocycles. The molecule has 0 bridgehead atoms. The van der Waals surface area contributed by atoms with E-state index in [0.29, 0.717) is 6.10 Å². The Morgan fingerprint density at radius 3 is 2.52 bits per heavy atom. The number of ether oxygens (including phenoxy) is 2. The minimum Gasteiger partial charge on any atom is -0.379 e. The fourth-order valence-corrected chi connectivity index (χ4v) is 3.17. The molecule has 1 heterocycles. The smallest absolute Gasteiger partial charge is 0.191 e. The van der Waals surface area contributed by atoms with Gasteiger partial charge in [-0.05, 0) is 65.1 Å². The van der Waals surface area contributed by atoms with E-state index in [-0.39, 0.29) is 24.0 Å². The van der Waals surface area contributed by atoms with Crippen molar-refractivity contribution in [1.29, 1.82) is 0 Å². The van der Waals surface area contributed by atoms with E-state index in [0.717, 1.165) is 71.2 Å². The average molecular weight is 498 g/mol. The standard InChI is InChI=1S/C20H42N4O2.HI/c1-4-13-24(14-5-2)15-8-11-22-20(21-6-3)23-12-9-16-25-18-19-10-7-17-26-19;/h19H,4-18H2,1-3H3,(H2,21,22,23);1H. The van der Waals surface area contributed by atoms with Gasteiger partial charge in [-0.3, -0.25) is 4.99 Å². The lowest BCUT2D eigenvalue weighted by molar-refractivity contribution is 0.0171. The third-order valence-electron chi connectivity index (χ3n) is 4.41. The molecule has 162 valence electrons. The molecular weight excluding hydrogens is 455 g/mol. The SMILES string of the molecule is CCCN(CCC)CCCNC(=NCCCOCC1CCCO1)NCC.I. The number of aliphatic imine (C=N–C) groups is 1. The van der Waals surface area contributed by atoms with Crippen LogP contribution in [0.1, 0.15) is 59.3 Å². The van der Waals surface area contributed by atoms with Crippen LogP contribution < -0.4 is 10.6 Å². The van der Waals surface area contributed by atoms with E-state index in [2.05, 4.69) is 41.3 Å². The van der Waals surface area contributed by atoms with Crippen LogP contribution in [0.3, 0.4) is 0 Å². The van der Waals surface area contributed by atoms with Crippen molar-refractivity contribution in [3.05, 3.63) is 0 Å². The van der Waals surface area contributed by atoms with E-state index in [1.165, 1.54) is 32.4 Å². The highest BCUT2D eigenvalue weighted by molar-refractivity contribution is 14.0. The van der Waals surface area contributed by atoms with Gasteiger partial charge in [0.25, 0.3) is 0 Å². The number of guanidine groups is 1. The summed E-state index contributed by atoms with van der Waals surface area (Å²) in [5, 5.41) is 6.77. The molecule has 1 saturated heterocycles. The summed E-state index contributed by atoms with van der Waals surface area (Å²) in [6, 6.07) is 0. The summed E-state index contributed by atoms with van der Waals surface area (Å²) in [6.45, 7) is 15.2. The van der Waals surface area contributed by atoms with Gasteiger partial charge in [0.1, 0.15) is 0 Å². The molecule has 0 aromatic heterocycles. The average Bonchev–Trinajstić information content (AvgIpc) is 3.15. The Morgan fingerprint density at radius 1 is 1.11 bits per heavy atom. The van der Waals surface area contributed by atoms with Crippen molar-refractivity contribution in [2.24, 2.45) is 4.99 Å². The summed E-state index contributed by atoms with van der Waals surface area (Å²) in [5.74, 6) is 0.921. The van der Waals surface area contributed by atoms with Gasteiger partial charge in [-0.2, -0.15) is 0 Å². The van der Waals surface area contributed by atoms with Gasteiger partial charge in [0.05, 0.1) is 12.7 Å². The van der Waals surface area contributed by atoms with E-state index in [9.17, 15) is 0 Å². The molecule has 0 aromatic rings. The summed E-state index contributed by atoms with van der Waals surface area (Å²) in [6.07, 6.45) is 7.18. The summed E-state index contributed by atoms with van der Waals surface area (Å²) in [5.41, 5.74) is 0. The molecule has 1 rings (SSSR count). The molecule has 6 nitrogen and oxygen atoms in total. The van der Waals surface area contributed by atoms with Crippen molar-refractivity contribution >= 4 is 29.9 Å². The van der Waals surface area contributed by atoms with Crippen LogP contribution in [-0.4, -0.2) is 76.1 Å². The zero-order valence-electron chi connectivity index (χ0n) is 17.8. The zero-order chi connectivity index (χ0) is 18.9. The van der Waals surface area contributed by atoms with Gasteiger partial charge in [0, 0.05) is 32.8 Å². The van der Waals surface area contributed by atoms with Crippen LogP contribution in [0.2, 0.25) is 0 Å². The highest BCUT2D eigenvalue weighted by atomic mass is 127. The maximum Gasteiger partial charge on any atom is 0.191 e. The summed E-state index contributed by atoms with van der Waals surface area (Å²) in [7, 11) is 0. The minimum absolute atomic E-state index is 0. The summed E-state index contributed by atoms with van der Waals surface area (Å²) in [4.78, 5) is 7.19. The molecule has 0 spiro atoms. The lowest BCUT2D eigenvalue weighted by Crippen LogP contribution is -2.39. The predicted molar refractivity (Wildman–Crippen MR) is 125 cm³/mol. The first-order valence-corrected chi connectivity index (χ1v) is 10.7. The second kappa shape index (κ2) is 19.2. The van der Waals surface area contributed by atoms with Gasteiger partial charge >= 0.3 is 0 Å². The molecule has 7 heteroatoms. The van der Waals surface area contributed by atoms with Gasteiger partial charge in [-0.1, -0.05) is 13.8 Å². The number of nitrogens with one attached hydrogen (secondary N) is 2. The van der Waals surface area contributed by atoms with Gasteiger partial charge < -0.3 is 25.0 Å². The first-order chi connectivity index (χ1) is 12.8. The molecule has 0 radical (unpaired) electrons. The molecule has 0 aliphatic carbocycles. The fraction of sp³-hybridized carbons (Fsp3) is 0.950. The van der Waals surface area contributed by atoms with Crippen molar-refractivity contribution in [2.75, 3.05) is 59.1 Å². The van der Waals surface area contributed by atoms with Crippen LogP contribution in [0.4, 0.5) is 0 Å². The van der Waals surface area contributed by atoms with Crippen molar-refractivity contribution in [2.45, 2.75) is 65.4 Å². The summed E-state index contributed by atoms with van der Waals surface area (Å²) >= 11 is 0. The van der Waals surface area contributed by atoms with Crippen LogP contribution in [0.5, 0.6) is 0 Å². The predicted octanol–water partition coefficient (Wildman–Crippen LogP) is 3.26. The number of nitrogens with zero attached hydrogens (tertiary/aromatic N) is 2. The molecule has 0 amide bonds. The molecule has 1 fully saturated rings. The lowest BCUT2D eigenvalue weighted by Gasteiger charge is -2.21. The first-order valence-electron chi connectivity index (χ1n) is 10.7. The van der Waals surface area contributed by atoms with Crippen LogP contribution in [0.25, 0.3) is 0 Å². The Hall–Kier alpha value is -0.120. The number of hydrogen-bond acceptors (Lipinski definition) is 4. The molecule has 1 aliphatic rings. The van der Waals surface area contributed by atoms with Gasteiger partial charge in [0.2, 0.25) is 0 Å². The molecule has 0 aromatic carbocycles. The largest absolute Gasteiger partial charge is 0.379 e. The molecule has 1 atom stereocenters. The van der Waals surface area contributed by atoms with Gasteiger partial charge in [-0.15, -0.1) is 24.0 Å². The molecule has 27 heavy (non-hydrogen) atoms. The molecular formula is C20H43IN4O2. The molecule has 0 saturated carbocycles.